The van der Waals surface area contributed by atoms with Crippen molar-refractivity contribution in [1.82, 2.24) is 10.6 Å². The zero-order chi connectivity index (χ0) is 27.3. The number of hydrogen-bond acceptors (Lipinski definition) is 5. The third kappa shape index (κ3) is 7.17. The lowest BCUT2D eigenvalue weighted by Gasteiger charge is -2.48. The molecule has 0 saturated heterocycles. The second-order valence-electron chi connectivity index (χ2n) is 12.1. The van der Waals surface area contributed by atoms with Gasteiger partial charge in [-0.1, -0.05) is 51.0 Å². The Morgan fingerprint density at radius 1 is 1.24 bits per heavy atom. The number of terminal acetylenes is 1. The van der Waals surface area contributed by atoms with E-state index in [0.29, 0.717) is 13.0 Å². The minimum absolute atomic E-state index is 0.0620. The van der Waals surface area contributed by atoms with Crippen molar-refractivity contribution in [3.05, 3.63) is 64.7 Å². The van der Waals surface area contributed by atoms with Crippen LogP contribution in [-0.4, -0.2) is 49.0 Å². The van der Waals surface area contributed by atoms with Crippen molar-refractivity contribution >= 4 is 5.91 Å². The molecule has 204 valence electrons. The molecule has 0 radical (unpaired) electrons. The van der Waals surface area contributed by atoms with Gasteiger partial charge in [-0.2, -0.15) is 0 Å². The van der Waals surface area contributed by atoms with Crippen molar-refractivity contribution in [3.8, 4) is 18.1 Å². The Hall–Kier alpha value is -2.85. The van der Waals surface area contributed by atoms with E-state index in [0.717, 1.165) is 48.1 Å². The summed E-state index contributed by atoms with van der Waals surface area (Å²) in [6, 6.07) is 13.8. The number of carbonyl (C=O) groups excluding carboxylic acids is 1. The summed E-state index contributed by atoms with van der Waals surface area (Å²) in [4.78, 5) is 12.4. The highest BCUT2D eigenvalue weighted by molar-refractivity contribution is 5.77. The highest BCUT2D eigenvalue weighted by atomic mass is 16.5. The van der Waals surface area contributed by atoms with E-state index >= 15 is 0 Å². The maximum Gasteiger partial charge on any atom is 0.246 e. The molecule has 1 amide bonds. The third-order valence-electron chi connectivity index (χ3n) is 7.56. The molecule has 0 bridgehead atoms. The molecule has 1 spiro atoms. The number of benzene rings is 2. The first-order valence-corrected chi connectivity index (χ1v) is 13.7. The van der Waals surface area contributed by atoms with Crippen LogP contribution in [0.25, 0.3) is 0 Å². The second-order valence-corrected chi connectivity index (χ2v) is 12.1. The lowest BCUT2D eigenvalue weighted by molar-refractivity contribution is -0.126. The standard InChI is InChI=1S/C32H42N2O4/c1-6-22-9-7-10-23(15-22)17-26(34-30(36)21-37-5)28(35)20-33-27-19-32(13-8-14-32)38-29-12-11-24(16-25(27)29)18-31(2,3)4/h1,7,9-12,15-16,26-28,33,35H,8,13-14,17-21H2,2-5H3,(H,34,36)/t26-,27-,28+/m0/s1. The van der Waals surface area contributed by atoms with Crippen LogP contribution in [0.15, 0.2) is 42.5 Å². The van der Waals surface area contributed by atoms with Gasteiger partial charge in [0.2, 0.25) is 5.91 Å². The number of amides is 1. The monoisotopic (exact) mass is 518 g/mol. The quantitative estimate of drug-likeness (QED) is 0.408. The normalized spacial score (nSPS) is 19.4. The number of aliphatic hydroxyl groups is 1. The van der Waals surface area contributed by atoms with Crippen LogP contribution in [0.3, 0.4) is 0 Å². The van der Waals surface area contributed by atoms with Gasteiger partial charge >= 0.3 is 0 Å². The van der Waals surface area contributed by atoms with Crippen molar-refractivity contribution in [1.29, 1.82) is 0 Å². The van der Waals surface area contributed by atoms with Gasteiger partial charge in [-0.3, -0.25) is 4.79 Å². The molecule has 38 heavy (non-hydrogen) atoms. The van der Waals surface area contributed by atoms with Crippen molar-refractivity contribution in [2.75, 3.05) is 20.3 Å². The van der Waals surface area contributed by atoms with E-state index in [1.807, 2.05) is 24.3 Å². The summed E-state index contributed by atoms with van der Waals surface area (Å²) in [7, 11) is 1.48. The van der Waals surface area contributed by atoms with Crippen LogP contribution in [0.2, 0.25) is 0 Å². The third-order valence-corrected chi connectivity index (χ3v) is 7.56. The molecular formula is C32H42N2O4. The van der Waals surface area contributed by atoms with E-state index in [1.165, 1.54) is 19.1 Å². The molecule has 6 nitrogen and oxygen atoms in total. The lowest BCUT2D eigenvalue weighted by Crippen LogP contribution is -2.52. The van der Waals surface area contributed by atoms with Gasteiger partial charge in [0.15, 0.2) is 0 Å². The summed E-state index contributed by atoms with van der Waals surface area (Å²) >= 11 is 0. The summed E-state index contributed by atoms with van der Waals surface area (Å²) in [6.45, 7) is 7.00. The highest BCUT2D eigenvalue weighted by Gasteiger charge is 2.45. The molecule has 1 aliphatic carbocycles. The van der Waals surface area contributed by atoms with Crippen LogP contribution in [0, 0.1) is 17.8 Å². The van der Waals surface area contributed by atoms with Gasteiger partial charge in [0, 0.05) is 37.2 Å². The van der Waals surface area contributed by atoms with Gasteiger partial charge in [0.1, 0.15) is 18.0 Å². The Morgan fingerprint density at radius 2 is 2.03 bits per heavy atom. The Morgan fingerprint density at radius 3 is 2.68 bits per heavy atom. The fourth-order valence-corrected chi connectivity index (χ4v) is 5.61. The fraction of sp³-hybridized carbons (Fsp3) is 0.531. The maximum absolute atomic E-state index is 12.4. The molecule has 1 saturated carbocycles. The van der Waals surface area contributed by atoms with E-state index in [9.17, 15) is 9.90 Å². The topological polar surface area (TPSA) is 79.8 Å². The number of rotatable bonds is 10. The second kappa shape index (κ2) is 11.9. The highest BCUT2D eigenvalue weighted by Crippen LogP contribution is 2.49. The molecule has 4 rings (SSSR count). The van der Waals surface area contributed by atoms with Crippen LogP contribution < -0.4 is 15.4 Å². The van der Waals surface area contributed by atoms with E-state index in [2.05, 4.69) is 55.5 Å². The number of carbonyl (C=O) groups is 1. The average Bonchev–Trinajstić information content (AvgIpc) is 2.85. The van der Waals surface area contributed by atoms with E-state index in [1.54, 1.807) is 0 Å². The van der Waals surface area contributed by atoms with Gasteiger partial charge in [0.05, 0.1) is 12.1 Å². The SMILES string of the molecule is C#Cc1cccc(C[C@H](NC(=O)COC)[C@H](O)CN[C@H]2CC3(CCC3)Oc3ccc(CC(C)(C)C)cc32)c1. The average molecular weight is 519 g/mol. The van der Waals surface area contributed by atoms with E-state index < -0.39 is 12.1 Å². The number of fused-ring (bicyclic) bond motifs is 1. The number of nitrogens with one attached hydrogen (secondary N) is 2. The van der Waals surface area contributed by atoms with Crippen LogP contribution in [0.5, 0.6) is 5.75 Å². The van der Waals surface area contributed by atoms with Crippen LogP contribution in [0.4, 0.5) is 0 Å². The van der Waals surface area contributed by atoms with Crippen LogP contribution in [-0.2, 0) is 22.4 Å². The van der Waals surface area contributed by atoms with E-state index in [4.69, 9.17) is 15.9 Å². The molecular weight excluding hydrogens is 476 g/mol. The van der Waals surface area contributed by atoms with Crippen LogP contribution in [0.1, 0.15) is 74.8 Å². The molecule has 2 aromatic carbocycles. The first-order valence-electron chi connectivity index (χ1n) is 13.7. The molecule has 1 heterocycles. The Balaban J connectivity index is 1.51. The zero-order valence-electron chi connectivity index (χ0n) is 23.2. The largest absolute Gasteiger partial charge is 0.487 e. The fourth-order valence-electron chi connectivity index (χ4n) is 5.61. The molecule has 3 atom stereocenters. The molecule has 2 aliphatic rings. The summed E-state index contributed by atoms with van der Waals surface area (Å²) in [5, 5.41) is 17.9. The minimum atomic E-state index is -0.813. The Labute approximate surface area is 227 Å². The molecule has 1 fully saturated rings. The summed E-state index contributed by atoms with van der Waals surface area (Å²) in [5.74, 6) is 3.33. The van der Waals surface area contributed by atoms with Gasteiger partial charge < -0.3 is 25.2 Å². The molecule has 0 unspecified atom stereocenters. The first kappa shape index (κ1) is 28.2. The van der Waals surface area contributed by atoms with Gasteiger partial charge in [-0.25, -0.2) is 0 Å². The lowest BCUT2D eigenvalue weighted by atomic mass is 9.72. The molecule has 1 aliphatic heterocycles. The summed E-state index contributed by atoms with van der Waals surface area (Å²) < 4.78 is 11.5. The predicted octanol–water partition coefficient (Wildman–Crippen LogP) is 4.33. The molecule has 2 aromatic rings. The van der Waals surface area contributed by atoms with Crippen LogP contribution >= 0.6 is 0 Å². The minimum Gasteiger partial charge on any atom is -0.487 e. The van der Waals surface area contributed by atoms with Crippen molar-refractivity contribution in [3.63, 3.8) is 0 Å². The summed E-state index contributed by atoms with van der Waals surface area (Å²) in [5.41, 5.74) is 4.23. The van der Waals surface area contributed by atoms with Crippen molar-refractivity contribution < 1.29 is 19.4 Å². The Kier molecular flexibility index (Phi) is 8.82. The smallest absolute Gasteiger partial charge is 0.246 e. The molecule has 6 heteroatoms. The number of hydrogen-bond donors (Lipinski definition) is 3. The predicted molar refractivity (Wildman–Crippen MR) is 150 cm³/mol. The van der Waals surface area contributed by atoms with Gasteiger partial charge in [-0.15, -0.1) is 6.42 Å². The Bertz CT molecular complexity index is 1160. The number of ether oxygens (including phenoxy) is 2. The summed E-state index contributed by atoms with van der Waals surface area (Å²) in [6.07, 6.45) is 10.4. The molecule has 0 aromatic heterocycles. The van der Waals surface area contributed by atoms with Crippen molar-refractivity contribution in [2.45, 2.75) is 83.1 Å². The first-order chi connectivity index (χ1) is 18.1. The van der Waals surface area contributed by atoms with Gasteiger partial charge in [-0.05, 0) is 66.8 Å². The van der Waals surface area contributed by atoms with E-state index in [-0.39, 0.29) is 29.6 Å². The van der Waals surface area contributed by atoms with Gasteiger partial charge in [0.25, 0.3) is 0 Å². The number of aliphatic hydroxyl groups excluding tert-OH is 1. The maximum atomic E-state index is 12.4. The zero-order valence-corrected chi connectivity index (χ0v) is 23.2. The number of methoxy groups -OCH3 is 1. The molecule has 3 N–H and O–H groups in total. The van der Waals surface area contributed by atoms with Crippen molar-refractivity contribution in [2.24, 2.45) is 5.41 Å².